The molecule has 0 bridgehead atoms. The van der Waals surface area contributed by atoms with Gasteiger partial charge in [0.25, 0.3) is 5.91 Å². The highest BCUT2D eigenvalue weighted by Gasteiger charge is 2.48. The molecule has 11 nitrogen and oxygen atoms in total. The molecular formula is C38H37F2N3O8. The SMILES string of the molecule is O=C(COc1ccc(C2C(CC[C@@H](O)c3ccc(F)cc3)C(=O)N2c2ccc(F)cc2)cc1)N[C@@H](Cc1ccccc1)C(=O)N[C@H](CO)C(=O)O. The predicted octanol–water partition coefficient (Wildman–Crippen LogP) is 3.85. The number of ether oxygens (including phenoxy) is 1. The first-order valence-electron chi connectivity index (χ1n) is 16.3. The number of aliphatic carboxylic acids is 1. The molecule has 1 aliphatic rings. The zero-order valence-electron chi connectivity index (χ0n) is 27.3. The van der Waals surface area contributed by atoms with Crippen molar-refractivity contribution in [1.82, 2.24) is 10.6 Å². The smallest absolute Gasteiger partial charge is 0.328 e. The molecule has 5 rings (SSSR count). The van der Waals surface area contributed by atoms with Gasteiger partial charge in [0.2, 0.25) is 11.8 Å². The minimum Gasteiger partial charge on any atom is -0.484 e. The van der Waals surface area contributed by atoms with Crippen LogP contribution in [0.3, 0.4) is 0 Å². The Labute approximate surface area is 292 Å². The Morgan fingerprint density at radius 1 is 0.824 bits per heavy atom. The summed E-state index contributed by atoms with van der Waals surface area (Å²) in [5.74, 6) is -4.15. The van der Waals surface area contributed by atoms with Crippen molar-refractivity contribution >= 4 is 29.4 Å². The molecule has 0 aliphatic carbocycles. The maximum absolute atomic E-state index is 13.7. The number of anilines is 1. The van der Waals surface area contributed by atoms with E-state index in [0.29, 0.717) is 29.0 Å². The van der Waals surface area contributed by atoms with Gasteiger partial charge in [-0.3, -0.25) is 14.4 Å². The number of benzene rings is 4. The number of aliphatic hydroxyl groups is 2. The van der Waals surface area contributed by atoms with E-state index in [9.17, 15) is 43.3 Å². The topological polar surface area (TPSA) is 165 Å². The summed E-state index contributed by atoms with van der Waals surface area (Å²) >= 11 is 0. The van der Waals surface area contributed by atoms with Gasteiger partial charge in [-0.25, -0.2) is 13.6 Å². The fraction of sp³-hybridized carbons (Fsp3) is 0.263. The molecule has 13 heteroatoms. The molecule has 0 aromatic heterocycles. The molecule has 2 unspecified atom stereocenters. The van der Waals surface area contributed by atoms with Gasteiger partial charge in [-0.2, -0.15) is 0 Å². The predicted molar refractivity (Wildman–Crippen MR) is 181 cm³/mol. The minimum absolute atomic E-state index is 0.0532. The second kappa shape index (κ2) is 16.8. The van der Waals surface area contributed by atoms with E-state index in [1.807, 2.05) is 0 Å². The largest absolute Gasteiger partial charge is 0.484 e. The number of rotatable bonds is 16. The summed E-state index contributed by atoms with van der Waals surface area (Å²) in [4.78, 5) is 52.1. The normalized spacial score (nSPS) is 17.1. The number of carbonyl (C=O) groups excluding carboxylic acids is 3. The van der Waals surface area contributed by atoms with E-state index in [-0.39, 0.29) is 18.7 Å². The van der Waals surface area contributed by atoms with Crippen molar-refractivity contribution in [2.75, 3.05) is 18.1 Å². The number of hydrogen-bond donors (Lipinski definition) is 5. The van der Waals surface area contributed by atoms with Crippen molar-refractivity contribution in [1.29, 1.82) is 0 Å². The fourth-order valence-corrected chi connectivity index (χ4v) is 5.95. The summed E-state index contributed by atoms with van der Waals surface area (Å²) in [6.45, 7) is -1.31. The zero-order valence-corrected chi connectivity index (χ0v) is 27.3. The van der Waals surface area contributed by atoms with Crippen LogP contribution in [0.15, 0.2) is 103 Å². The van der Waals surface area contributed by atoms with Crippen molar-refractivity contribution in [3.63, 3.8) is 0 Å². The van der Waals surface area contributed by atoms with Crippen LogP contribution < -0.4 is 20.3 Å². The molecule has 5 N–H and O–H groups in total. The quantitative estimate of drug-likeness (QED) is 0.110. The number of hydrogen-bond acceptors (Lipinski definition) is 7. The van der Waals surface area contributed by atoms with E-state index in [4.69, 9.17) is 4.74 Å². The number of nitrogens with one attached hydrogen (secondary N) is 2. The molecule has 4 aromatic rings. The van der Waals surface area contributed by atoms with Crippen LogP contribution in [0.4, 0.5) is 14.5 Å². The minimum atomic E-state index is -1.55. The maximum atomic E-state index is 13.7. The highest BCUT2D eigenvalue weighted by atomic mass is 19.1. The number of halogens is 2. The third-order valence-electron chi connectivity index (χ3n) is 8.65. The fourth-order valence-electron chi connectivity index (χ4n) is 5.95. The third kappa shape index (κ3) is 9.32. The van der Waals surface area contributed by atoms with Gasteiger partial charge >= 0.3 is 5.97 Å². The summed E-state index contributed by atoms with van der Waals surface area (Å²) in [7, 11) is 0. The lowest BCUT2D eigenvalue weighted by Gasteiger charge is -2.48. The van der Waals surface area contributed by atoms with Gasteiger partial charge in [0, 0.05) is 12.1 Å². The van der Waals surface area contributed by atoms with E-state index in [1.54, 1.807) is 59.5 Å². The lowest BCUT2D eigenvalue weighted by atomic mass is 9.78. The number of aliphatic hydroxyl groups excluding tert-OH is 2. The Kier molecular flexibility index (Phi) is 12.1. The van der Waals surface area contributed by atoms with Crippen LogP contribution >= 0.6 is 0 Å². The summed E-state index contributed by atoms with van der Waals surface area (Å²) in [5, 5.41) is 34.1. The van der Waals surface area contributed by atoms with E-state index >= 15 is 0 Å². The molecule has 1 aliphatic heterocycles. The Morgan fingerprint density at radius 3 is 2.06 bits per heavy atom. The van der Waals surface area contributed by atoms with E-state index in [2.05, 4.69) is 10.6 Å². The highest BCUT2D eigenvalue weighted by molar-refractivity contribution is 6.03. The van der Waals surface area contributed by atoms with Gasteiger partial charge in [0.1, 0.15) is 29.5 Å². The molecule has 4 aromatic carbocycles. The molecule has 266 valence electrons. The monoisotopic (exact) mass is 701 g/mol. The molecule has 3 amide bonds. The van der Waals surface area contributed by atoms with Crippen LogP contribution in [0.1, 0.15) is 41.7 Å². The van der Waals surface area contributed by atoms with Crippen LogP contribution in [-0.2, 0) is 25.6 Å². The molecule has 0 saturated carbocycles. The van der Waals surface area contributed by atoms with Crippen molar-refractivity contribution < 1.29 is 48.0 Å². The van der Waals surface area contributed by atoms with Gasteiger partial charge < -0.3 is 35.6 Å². The van der Waals surface area contributed by atoms with Crippen LogP contribution in [0, 0.1) is 17.6 Å². The molecule has 1 saturated heterocycles. The van der Waals surface area contributed by atoms with Crippen molar-refractivity contribution in [3.05, 3.63) is 131 Å². The summed E-state index contributed by atoms with van der Waals surface area (Å²) in [6.07, 6.45) is -0.293. The molecular weight excluding hydrogens is 664 g/mol. The number of amides is 3. The Balaban J connectivity index is 1.25. The molecule has 0 radical (unpaired) electrons. The number of nitrogens with zero attached hydrogens (tertiary/aromatic N) is 1. The standard InChI is InChI=1S/C38H37F2N3O8/c39-26-10-6-24(7-11-26)33(45)19-18-30-35(43(37(30)48)28-14-12-27(40)13-15-28)25-8-16-29(17-9-25)51-22-34(46)41-31(20-23-4-2-1-3-5-23)36(47)42-32(21-44)38(49)50/h1-17,30-33,35,44-45H,18-22H2,(H,41,46)(H,42,47)(H,49,50)/t30?,31-,32+,33+,35?/m0/s1. The molecule has 51 heavy (non-hydrogen) atoms. The van der Waals surface area contributed by atoms with Crippen molar-refractivity contribution in [2.24, 2.45) is 5.92 Å². The number of carboxylic acid groups (broad SMARTS) is 1. The average Bonchev–Trinajstić information content (AvgIpc) is 3.13. The summed E-state index contributed by atoms with van der Waals surface area (Å²) < 4.78 is 32.7. The first-order chi connectivity index (χ1) is 24.5. The van der Waals surface area contributed by atoms with Crippen LogP contribution in [0.2, 0.25) is 0 Å². The van der Waals surface area contributed by atoms with Gasteiger partial charge in [-0.05, 0) is 78.1 Å². The Bertz CT molecular complexity index is 1810. The first-order valence-corrected chi connectivity index (χ1v) is 16.3. The number of carboxylic acids is 1. The average molecular weight is 702 g/mol. The Morgan fingerprint density at radius 2 is 1.45 bits per heavy atom. The van der Waals surface area contributed by atoms with E-state index in [1.165, 1.54) is 48.5 Å². The van der Waals surface area contributed by atoms with Crippen LogP contribution in [-0.4, -0.2) is 64.3 Å². The Hall–Kier alpha value is -5.66. The van der Waals surface area contributed by atoms with E-state index in [0.717, 1.165) is 5.56 Å². The van der Waals surface area contributed by atoms with Gasteiger partial charge in [-0.15, -0.1) is 0 Å². The highest BCUT2D eigenvalue weighted by Crippen LogP contribution is 2.46. The molecule has 5 atom stereocenters. The second-order valence-electron chi connectivity index (χ2n) is 12.1. The van der Waals surface area contributed by atoms with Crippen LogP contribution in [0.5, 0.6) is 5.75 Å². The lowest BCUT2D eigenvalue weighted by molar-refractivity contribution is -0.143. The summed E-state index contributed by atoms with van der Waals surface area (Å²) in [6, 6.07) is 23.4. The van der Waals surface area contributed by atoms with Gasteiger partial charge in [0.15, 0.2) is 6.61 Å². The third-order valence-corrected chi connectivity index (χ3v) is 8.65. The summed E-state index contributed by atoms with van der Waals surface area (Å²) in [5.41, 5.74) is 2.47. The number of carbonyl (C=O) groups is 4. The van der Waals surface area contributed by atoms with Crippen molar-refractivity contribution in [3.8, 4) is 5.75 Å². The molecule has 1 fully saturated rings. The van der Waals surface area contributed by atoms with E-state index < -0.39 is 72.8 Å². The van der Waals surface area contributed by atoms with Crippen molar-refractivity contribution in [2.45, 2.75) is 43.5 Å². The first kappa shape index (κ1) is 36.6. The second-order valence-corrected chi connectivity index (χ2v) is 12.1. The maximum Gasteiger partial charge on any atom is 0.328 e. The molecule has 1 heterocycles. The number of β-lactam (4-membered cyclic amide) rings is 1. The lowest BCUT2D eigenvalue weighted by Crippen LogP contribution is -2.55. The van der Waals surface area contributed by atoms with Crippen LogP contribution in [0.25, 0.3) is 0 Å². The molecule has 0 spiro atoms. The van der Waals surface area contributed by atoms with Gasteiger partial charge in [0.05, 0.1) is 24.7 Å². The van der Waals surface area contributed by atoms with Gasteiger partial charge in [-0.1, -0.05) is 54.6 Å². The zero-order chi connectivity index (χ0) is 36.5.